The number of hydrogen-bond acceptors (Lipinski definition) is 3. The molecule has 1 aromatic carbocycles. The second-order valence-electron chi connectivity index (χ2n) is 4.12. The van der Waals surface area contributed by atoms with Gasteiger partial charge in [-0.25, -0.2) is 0 Å². The molecule has 0 fully saturated rings. The highest BCUT2D eigenvalue weighted by atomic mass is 16.4. The molecule has 1 aliphatic heterocycles. The Bertz CT molecular complexity index is 408. The summed E-state index contributed by atoms with van der Waals surface area (Å²) in [6, 6.07) is 7.54. The van der Waals surface area contributed by atoms with Crippen LogP contribution in [0.25, 0.3) is 0 Å². The van der Waals surface area contributed by atoms with Crippen LogP contribution in [0.3, 0.4) is 0 Å². The lowest BCUT2D eigenvalue weighted by atomic mass is 9.83. The Morgan fingerprint density at radius 3 is 2.88 bits per heavy atom. The number of hydrogen-bond donors (Lipinski definition) is 2. The molecule has 1 heterocycles. The zero-order valence-corrected chi connectivity index (χ0v) is 9.13. The van der Waals surface area contributed by atoms with Crippen LogP contribution in [0.5, 0.6) is 0 Å². The molecule has 1 aromatic rings. The molecule has 0 bridgehead atoms. The van der Waals surface area contributed by atoms with Crippen molar-refractivity contribution in [3.05, 3.63) is 35.4 Å². The van der Waals surface area contributed by atoms with Gasteiger partial charge in [0.2, 0.25) is 0 Å². The molecule has 0 aromatic heterocycles. The van der Waals surface area contributed by atoms with Gasteiger partial charge in [-0.15, -0.1) is 0 Å². The molecule has 84 valence electrons. The molecule has 1 aliphatic rings. The number of nitrogens with zero attached hydrogens (tertiary/aromatic N) is 1. The molecule has 0 spiro atoms. The van der Waals surface area contributed by atoms with Crippen molar-refractivity contribution in [3.8, 4) is 0 Å². The zero-order chi connectivity index (χ0) is 11.7. The molecule has 0 saturated carbocycles. The molecule has 5 heteroatoms. The van der Waals surface area contributed by atoms with E-state index >= 15 is 0 Å². The molecule has 1 unspecified atom stereocenters. The average molecular weight is 219 g/mol. The number of benzene rings is 1. The lowest BCUT2D eigenvalue weighted by Gasteiger charge is -2.24. The van der Waals surface area contributed by atoms with E-state index in [1.807, 2.05) is 24.3 Å². The Balaban J connectivity index is 2.32. The van der Waals surface area contributed by atoms with Crippen LogP contribution in [0.4, 0.5) is 0 Å². The van der Waals surface area contributed by atoms with Gasteiger partial charge in [0, 0.05) is 12.6 Å². The van der Waals surface area contributed by atoms with E-state index in [1.165, 1.54) is 0 Å². The van der Waals surface area contributed by atoms with Crippen molar-refractivity contribution in [1.29, 1.82) is 0 Å². The quantitative estimate of drug-likeness (QED) is 0.748. The van der Waals surface area contributed by atoms with Crippen molar-refractivity contribution < 1.29 is 14.9 Å². The Morgan fingerprint density at radius 1 is 1.56 bits per heavy atom. The normalized spacial score (nSPS) is 19.5. The molecule has 0 aliphatic carbocycles. The molecule has 0 amide bonds. The van der Waals surface area contributed by atoms with Gasteiger partial charge in [0.1, 0.15) is 0 Å². The molecule has 1 atom stereocenters. The zero-order valence-electron chi connectivity index (χ0n) is 9.13. The van der Waals surface area contributed by atoms with Gasteiger partial charge in [0.25, 0.3) is 0 Å². The second-order valence-corrected chi connectivity index (χ2v) is 4.12. The summed E-state index contributed by atoms with van der Waals surface area (Å²) in [4.78, 5) is 12.6. The fourth-order valence-corrected chi connectivity index (χ4v) is 2.27. The third-order valence-electron chi connectivity index (χ3n) is 3.02. The van der Waals surface area contributed by atoms with Crippen molar-refractivity contribution in [3.63, 3.8) is 0 Å². The summed E-state index contributed by atoms with van der Waals surface area (Å²) in [5.41, 5.74) is 2.13. The molecule has 2 rings (SSSR count). The van der Waals surface area contributed by atoms with E-state index < -0.39 is 13.0 Å². The maximum atomic E-state index is 10.8. The first-order valence-electron chi connectivity index (χ1n) is 5.33. The summed E-state index contributed by atoms with van der Waals surface area (Å²) < 4.78 is 0. The monoisotopic (exact) mass is 219 g/mol. The molecule has 2 N–H and O–H groups in total. The van der Waals surface area contributed by atoms with Crippen LogP contribution in [0.1, 0.15) is 23.6 Å². The van der Waals surface area contributed by atoms with Crippen LogP contribution in [0, 0.1) is 0 Å². The number of carboxylic acid groups (broad SMARTS) is 1. The van der Waals surface area contributed by atoms with Crippen LogP contribution < -0.4 is 0 Å². The van der Waals surface area contributed by atoms with Gasteiger partial charge >= 0.3 is 13.0 Å². The molecular formula is C11H14BNO3. The van der Waals surface area contributed by atoms with Gasteiger partial charge in [-0.2, -0.15) is 0 Å². The van der Waals surface area contributed by atoms with Crippen molar-refractivity contribution in [1.82, 2.24) is 4.81 Å². The van der Waals surface area contributed by atoms with Gasteiger partial charge in [-0.1, -0.05) is 24.3 Å². The van der Waals surface area contributed by atoms with Crippen molar-refractivity contribution in [2.45, 2.75) is 25.8 Å². The first-order chi connectivity index (χ1) is 7.59. The highest BCUT2D eigenvalue weighted by Crippen LogP contribution is 2.35. The van der Waals surface area contributed by atoms with E-state index in [2.05, 4.69) is 0 Å². The highest BCUT2D eigenvalue weighted by Gasteiger charge is 2.35. The lowest BCUT2D eigenvalue weighted by molar-refractivity contribution is -0.138. The van der Waals surface area contributed by atoms with Crippen LogP contribution in [0.2, 0.25) is 6.82 Å². The first kappa shape index (κ1) is 11.2. The maximum Gasteiger partial charge on any atom is 0.377 e. The van der Waals surface area contributed by atoms with E-state index in [9.17, 15) is 9.82 Å². The van der Waals surface area contributed by atoms with Crippen LogP contribution in [-0.2, 0) is 11.3 Å². The lowest BCUT2D eigenvalue weighted by Crippen LogP contribution is -2.36. The standard InChI is InChI=1S/C11H14BNO3/c1-12(16)13-7-8-4-2-3-5-9(8)10(13)6-11(14)15/h2-5,10,16H,6-7H2,1H3,(H,14,15). The summed E-state index contributed by atoms with van der Waals surface area (Å²) in [5, 5.41) is 18.5. The fraction of sp³-hybridized carbons (Fsp3) is 0.364. The van der Waals surface area contributed by atoms with Crippen LogP contribution >= 0.6 is 0 Å². The summed E-state index contributed by atoms with van der Waals surface area (Å²) in [6.07, 6.45) is 0.0297. The summed E-state index contributed by atoms with van der Waals surface area (Å²) in [7, 11) is -0.628. The Labute approximate surface area is 94.6 Å². The number of aliphatic carboxylic acids is 1. The summed E-state index contributed by atoms with van der Waals surface area (Å²) >= 11 is 0. The molecule has 4 nitrogen and oxygen atoms in total. The third kappa shape index (κ3) is 1.96. The van der Waals surface area contributed by atoms with Gasteiger partial charge < -0.3 is 14.9 Å². The van der Waals surface area contributed by atoms with E-state index in [1.54, 1.807) is 11.6 Å². The Kier molecular flexibility index (Phi) is 2.98. The molecular weight excluding hydrogens is 205 g/mol. The number of carboxylic acids is 1. The SMILES string of the molecule is CB(O)N1Cc2ccccc2C1CC(=O)O. The third-order valence-corrected chi connectivity index (χ3v) is 3.02. The average Bonchev–Trinajstić information content (AvgIpc) is 2.57. The van der Waals surface area contributed by atoms with Gasteiger partial charge in [0.15, 0.2) is 0 Å². The maximum absolute atomic E-state index is 10.8. The number of rotatable bonds is 3. The topological polar surface area (TPSA) is 60.8 Å². The predicted molar refractivity (Wildman–Crippen MR) is 60.8 cm³/mol. The minimum atomic E-state index is -0.840. The fourth-order valence-electron chi connectivity index (χ4n) is 2.27. The van der Waals surface area contributed by atoms with E-state index in [0.29, 0.717) is 6.54 Å². The van der Waals surface area contributed by atoms with E-state index in [-0.39, 0.29) is 12.5 Å². The van der Waals surface area contributed by atoms with Gasteiger partial charge in [-0.3, -0.25) is 4.79 Å². The molecule has 0 saturated heterocycles. The summed E-state index contributed by atoms with van der Waals surface area (Å²) in [6.45, 7) is 2.28. The minimum Gasteiger partial charge on any atom is -0.481 e. The number of carbonyl (C=O) groups is 1. The van der Waals surface area contributed by atoms with Crippen molar-refractivity contribution in [2.75, 3.05) is 0 Å². The van der Waals surface area contributed by atoms with E-state index in [0.717, 1.165) is 11.1 Å². The predicted octanol–water partition coefficient (Wildman–Crippen LogP) is 1.13. The smallest absolute Gasteiger partial charge is 0.377 e. The van der Waals surface area contributed by atoms with Crippen molar-refractivity contribution in [2.24, 2.45) is 0 Å². The molecule has 0 radical (unpaired) electrons. The Morgan fingerprint density at radius 2 is 2.25 bits per heavy atom. The van der Waals surface area contributed by atoms with Crippen LogP contribution in [0.15, 0.2) is 24.3 Å². The Hall–Kier alpha value is -1.33. The highest BCUT2D eigenvalue weighted by molar-refractivity contribution is 6.45. The largest absolute Gasteiger partial charge is 0.481 e. The first-order valence-corrected chi connectivity index (χ1v) is 5.33. The van der Waals surface area contributed by atoms with Gasteiger partial charge in [-0.05, 0) is 17.9 Å². The second kappa shape index (κ2) is 4.27. The minimum absolute atomic E-state index is 0.0297. The van der Waals surface area contributed by atoms with Crippen LogP contribution in [-0.4, -0.2) is 28.0 Å². The van der Waals surface area contributed by atoms with Crippen molar-refractivity contribution >= 4 is 13.0 Å². The number of fused-ring (bicyclic) bond motifs is 1. The molecule has 16 heavy (non-hydrogen) atoms. The van der Waals surface area contributed by atoms with Gasteiger partial charge in [0.05, 0.1) is 6.42 Å². The van der Waals surface area contributed by atoms with E-state index in [4.69, 9.17) is 5.11 Å². The summed E-state index contributed by atoms with van der Waals surface area (Å²) in [5.74, 6) is -0.840.